The van der Waals surface area contributed by atoms with E-state index in [4.69, 9.17) is 9.84 Å². The van der Waals surface area contributed by atoms with Crippen LogP contribution in [0.3, 0.4) is 0 Å². The maximum atomic E-state index is 13.9. The van der Waals surface area contributed by atoms with Crippen LogP contribution in [0.5, 0.6) is 0 Å². The third kappa shape index (κ3) is 3.63. The van der Waals surface area contributed by atoms with Gasteiger partial charge in [0.15, 0.2) is 11.6 Å². The number of hydrogen-bond donors (Lipinski definition) is 1. The van der Waals surface area contributed by atoms with Gasteiger partial charge in [0.1, 0.15) is 6.33 Å². The summed E-state index contributed by atoms with van der Waals surface area (Å²) in [4.78, 5) is 20.1. The van der Waals surface area contributed by atoms with E-state index in [1.54, 1.807) is 6.92 Å². The van der Waals surface area contributed by atoms with Crippen molar-refractivity contribution in [2.45, 2.75) is 32.3 Å². The summed E-state index contributed by atoms with van der Waals surface area (Å²) in [6, 6.07) is 0. The lowest BCUT2D eigenvalue weighted by molar-refractivity contribution is -0.138. The highest BCUT2D eigenvalue weighted by atomic mass is 19.1. The summed E-state index contributed by atoms with van der Waals surface area (Å²) in [5.41, 5.74) is 0.342. The number of rotatable bonds is 5. The quantitative estimate of drug-likeness (QED) is 0.880. The summed E-state index contributed by atoms with van der Waals surface area (Å²) >= 11 is 0. The Kier molecular flexibility index (Phi) is 4.84. The van der Waals surface area contributed by atoms with Crippen LogP contribution in [0.25, 0.3) is 0 Å². The third-order valence-electron chi connectivity index (χ3n) is 3.36. The zero-order chi connectivity index (χ0) is 14.5. The molecule has 0 aliphatic carbocycles. The molecule has 110 valence electrons. The minimum Gasteiger partial charge on any atom is -0.481 e. The molecular formula is C13H18FN3O3. The topological polar surface area (TPSA) is 75.5 Å². The number of ether oxygens (including phenoxy) is 1. The molecule has 1 aliphatic rings. The molecule has 0 aromatic carbocycles. The second-order valence-corrected chi connectivity index (χ2v) is 4.80. The highest BCUT2D eigenvalue weighted by molar-refractivity contribution is 5.66. The Bertz CT molecular complexity index is 476. The molecule has 0 amide bonds. The molecule has 1 saturated heterocycles. The Labute approximate surface area is 116 Å². The van der Waals surface area contributed by atoms with Gasteiger partial charge in [-0.05, 0) is 19.8 Å². The number of piperidine rings is 1. The number of anilines is 1. The van der Waals surface area contributed by atoms with Crippen molar-refractivity contribution in [2.75, 3.05) is 24.6 Å². The number of aromatic nitrogens is 2. The Morgan fingerprint density at radius 2 is 2.20 bits per heavy atom. The van der Waals surface area contributed by atoms with Crippen LogP contribution < -0.4 is 4.90 Å². The van der Waals surface area contributed by atoms with Crippen molar-refractivity contribution in [1.29, 1.82) is 0 Å². The summed E-state index contributed by atoms with van der Waals surface area (Å²) < 4.78 is 19.4. The largest absolute Gasteiger partial charge is 0.481 e. The number of hydrogen-bond acceptors (Lipinski definition) is 5. The summed E-state index contributed by atoms with van der Waals surface area (Å²) in [6.07, 6.45) is 2.89. The molecule has 20 heavy (non-hydrogen) atoms. The van der Waals surface area contributed by atoms with E-state index in [9.17, 15) is 9.18 Å². The van der Waals surface area contributed by atoms with Crippen molar-refractivity contribution in [3.05, 3.63) is 17.8 Å². The Hall–Kier alpha value is -1.76. The molecule has 1 aromatic heterocycles. The molecule has 7 heteroatoms. The van der Waals surface area contributed by atoms with Gasteiger partial charge in [-0.1, -0.05) is 0 Å². The highest BCUT2D eigenvalue weighted by Gasteiger charge is 2.23. The fourth-order valence-corrected chi connectivity index (χ4v) is 2.21. The van der Waals surface area contributed by atoms with E-state index in [0.29, 0.717) is 24.6 Å². The van der Waals surface area contributed by atoms with Crippen LogP contribution in [0.1, 0.15) is 25.0 Å². The Morgan fingerprint density at radius 1 is 1.50 bits per heavy atom. The molecule has 0 saturated carbocycles. The summed E-state index contributed by atoms with van der Waals surface area (Å²) in [5.74, 6) is -0.903. The number of aliphatic carboxylic acids is 1. The van der Waals surface area contributed by atoms with Gasteiger partial charge in [-0.25, -0.2) is 14.4 Å². The van der Waals surface area contributed by atoms with E-state index in [1.807, 2.05) is 4.90 Å². The van der Waals surface area contributed by atoms with Crippen molar-refractivity contribution >= 4 is 11.8 Å². The van der Waals surface area contributed by atoms with Crippen LogP contribution in [-0.2, 0) is 9.53 Å². The first-order chi connectivity index (χ1) is 9.58. The van der Waals surface area contributed by atoms with Gasteiger partial charge in [0.05, 0.1) is 24.8 Å². The highest BCUT2D eigenvalue weighted by Crippen LogP contribution is 2.22. The number of nitrogens with zero attached hydrogens (tertiary/aromatic N) is 3. The normalized spacial score (nSPS) is 16.4. The van der Waals surface area contributed by atoms with Crippen LogP contribution >= 0.6 is 0 Å². The first kappa shape index (κ1) is 14.6. The standard InChI is InChI=1S/C13H18FN3O3/c1-9-12(14)13(16-8-15-9)17-5-2-10(3-6-17)20-7-4-11(18)19/h8,10H,2-7H2,1H3,(H,18,19). The maximum Gasteiger partial charge on any atom is 0.305 e. The van der Waals surface area contributed by atoms with E-state index in [2.05, 4.69) is 9.97 Å². The predicted molar refractivity (Wildman–Crippen MR) is 70.2 cm³/mol. The van der Waals surface area contributed by atoms with Crippen molar-refractivity contribution in [1.82, 2.24) is 9.97 Å². The van der Waals surface area contributed by atoms with E-state index in [-0.39, 0.29) is 24.9 Å². The molecule has 1 aromatic rings. The van der Waals surface area contributed by atoms with Gasteiger partial charge in [0.25, 0.3) is 0 Å². The van der Waals surface area contributed by atoms with Crippen molar-refractivity contribution < 1.29 is 19.0 Å². The molecule has 0 spiro atoms. The smallest absolute Gasteiger partial charge is 0.305 e. The molecule has 2 heterocycles. The zero-order valence-corrected chi connectivity index (χ0v) is 11.4. The Morgan fingerprint density at radius 3 is 2.85 bits per heavy atom. The van der Waals surface area contributed by atoms with Gasteiger partial charge in [0.2, 0.25) is 0 Å². The maximum absolute atomic E-state index is 13.9. The fraction of sp³-hybridized carbons (Fsp3) is 0.615. The molecule has 2 rings (SSSR count). The van der Waals surface area contributed by atoms with Crippen LogP contribution in [-0.4, -0.2) is 46.8 Å². The molecular weight excluding hydrogens is 265 g/mol. The molecule has 1 N–H and O–H groups in total. The van der Waals surface area contributed by atoms with Gasteiger partial charge >= 0.3 is 5.97 Å². The summed E-state index contributed by atoms with van der Waals surface area (Å²) in [6.45, 7) is 3.12. The summed E-state index contributed by atoms with van der Waals surface area (Å²) in [7, 11) is 0. The van der Waals surface area contributed by atoms with Gasteiger partial charge < -0.3 is 14.7 Å². The molecule has 6 nitrogen and oxygen atoms in total. The van der Waals surface area contributed by atoms with Crippen molar-refractivity contribution in [2.24, 2.45) is 0 Å². The van der Waals surface area contributed by atoms with Gasteiger partial charge in [-0.2, -0.15) is 0 Å². The molecule has 0 atom stereocenters. The van der Waals surface area contributed by atoms with Gasteiger partial charge in [0, 0.05) is 13.1 Å². The van der Waals surface area contributed by atoms with E-state index in [0.717, 1.165) is 12.8 Å². The lowest BCUT2D eigenvalue weighted by atomic mass is 10.1. The van der Waals surface area contributed by atoms with E-state index in [1.165, 1.54) is 6.33 Å². The third-order valence-corrected chi connectivity index (χ3v) is 3.36. The zero-order valence-electron chi connectivity index (χ0n) is 11.4. The fourth-order valence-electron chi connectivity index (χ4n) is 2.21. The first-order valence-electron chi connectivity index (χ1n) is 6.63. The van der Waals surface area contributed by atoms with Gasteiger partial charge in [-0.3, -0.25) is 4.79 Å². The minimum atomic E-state index is -0.860. The average Bonchev–Trinajstić information content (AvgIpc) is 2.42. The van der Waals surface area contributed by atoms with E-state index < -0.39 is 5.97 Å². The van der Waals surface area contributed by atoms with Crippen molar-refractivity contribution in [3.63, 3.8) is 0 Å². The van der Waals surface area contributed by atoms with Crippen LogP contribution in [0.4, 0.5) is 10.2 Å². The molecule has 1 fully saturated rings. The first-order valence-corrected chi connectivity index (χ1v) is 6.63. The number of carboxylic acids is 1. The van der Waals surface area contributed by atoms with Gasteiger partial charge in [-0.15, -0.1) is 0 Å². The number of carbonyl (C=O) groups is 1. The van der Waals surface area contributed by atoms with E-state index >= 15 is 0 Å². The monoisotopic (exact) mass is 283 g/mol. The van der Waals surface area contributed by atoms with Crippen LogP contribution in [0, 0.1) is 12.7 Å². The lowest BCUT2D eigenvalue weighted by Crippen LogP contribution is -2.38. The molecule has 1 aliphatic heterocycles. The number of aryl methyl sites for hydroxylation is 1. The number of carboxylic acid groups (broad SMARTS) is 1. The molecule has 0 radical (unpaired) electrons. The SMILES string of the molecule is Cc1ncnc(N2CCC(OCCC(=O)O)CC2)c1F. The molecule has 0 bridgehead atoms. The summed E-state index contributed by atoms with van der Waals surface area (Å²) in [5, 5.41) is 8.55. The lowest BCUT2D eigenvalue weighted by Gasteiger charge is -2.32. The molecule has 0 unspecified atom stereocenters. The Balaban J connectivity index is 1.85. The average molecular weight is 283 g/mol. The number of halogens is 1. The second-order valence-electron chi connectivity index (χ2n) is 4.80. The predicted octanol–water partition coefficient (Wildman–Crippen LogP) is 1.38. The van der Waals surface area contributed by atoms with Crippen molar-refractivity contribution in [3.8, 4) is 0 Å². The second kappa shape index (κ2) is 6.60. The van der Waals surface area contributed by atoms with Crippen LogP contribution in [0.15, 0.2) is 6.33 Å². The minimum absolute atomic E-state index is 0.0138. The van der Waals surface area contributed by atoms with Crippen LogP contribution in [0.2, 0.25) is 0 Å².